The number of primary amides is 1. The maximum absolute atomic E-state index is 13.7. The number of nitrogens with two attached hydrogens (primary N) is 1. The molecule has 0 saturated carbocycles. The van der Waals surface area contributed by atoms with E-state index in [1.807, 2.05) is 25.1 Å². The Morgan fingerprint density at radius 3 is 2.54 bits per heavy atom. The largest absolute Gasteiger partial charge is 0.376 e. The van der Waals surface area contributed by atoms with Gasteiger partial charge in [0.05, 0.1) is 44.7 Å². The normalized spacial score (nSPS) is 19.7. The van der Waals surface area contributed by atoms with Crippen LogP contribution < -0.4 is 11.3 Å². The zero-order valence-electron chi connectivity index (χ0n) is 21.7. The summed E-state index contributed by atoms with van der Waals surface area (Å²) in [5.74, 6) is -0.687. The van der Waals surface area contributed by atoms with E-state index in [2.05, 4.69) is 0 Å². The number of benzene rings is 2. The first-order valence-electron chi connectivity index (χ1n) is 13.0. The summed E-state index contributed by atoms with van der Waals surface area (Å²) in [6.07, 6.45) is 2.44. The van der Waals surface area contributed by atoms with Gasteiger partial charge >= 0.3 is 0 Å². The third kappa shape index (κ3) is 6.31. The minimum atomic E-state index is -0.785. The average molecular weight is 551 g/mol. The number of amides is 1. The number of pyridine rings is 1. The molecule has 1 saturated heterocycles. The Balaban J connectivity index is 1.53. The van der Waals surface area contributed by atoms with Gasteiger partial charge < -0.3 is 24.5 Å². The van der Waals surface area contributed by atoms with Crippen molar-refractivity contribution in [1.29, 1.82) is 0 Å². The number of ether oxygens (including phenoxy) is 3. The number of nitrogens with zero attached hydrogens (tertiary/aromatic N) is 1. The Kier molecular flexibility index (Phi) is 8.28. The third-order valence-corrected chi connectivity index (χ3v) is 7.49. The van der Waals surface area contributed by atoms with Gasteiger partial charge in [0.25, 0.3) is 5.56 Å². The van der Waals surface area contributed by atoms with Gasteiger partial charge in [-0.2, -0.15) is 0 Å². The van der Waals surface area contributed by atoms with E-state index in [0.717, 1.165) is 27.8 Å². The number of fused-ring (bicyclic) bond motifs is 3. The van der Waals surface area contributed by atoms with Crippen molar-refractivity contribution in [2.24, 2.45) is 5.73 Å². The summed E-state index contributed by atoms with van der Waals surface area (Å²) in [4.78, 5) is 38.8. The second-order valence-corrected chi connectivity index (χ2v) is 10.5. The second kappa shape index (κ2) is 11.8. The van der Waals surface area contributed by atoms with Crippen molar-refractivity contribution in [2.45, 2.75) is 51.0 Å². The highest BCUT2D eigenvalue weighted by molar-refractivity contribution is 6.30. The molecule has 3 aromatic rings. The molecule has 1 amide bonds. The number of carbonyl (C=O) groups excluding carboxylic acids is 2. The molecule has 5 rings (SSSR count). The Bertz CT molecular complexity index is 1430. The lowest BCUT2D eigenvalue weighted by atomic mass is 9.92. The van der Waals surface area contributed by atoms with E-state index < -0.39 is 11.9 Å². The third-order valence-electron chi connectivity index (χ3n) is 7.25. The molecule has 0 spiro atoms. The summed E-state index contributed by atoms with van der Waals surface area (Å²) in [7, 11) is 0. The number of Topliss-reactive ketones (excluding diaryl/α,β-unsaturated/α-hetero) is 1. The van der Waals surface area contributed by atoms with E-state index in [1.54, 1.807) is 36.5 Å². The highest BCUT2D eigenvalue weighted by atomic mass is 35.5. The van der Waals surface area contributed by atoms with E-state index in [9.17, 15) is 14.4 Å². The van der Waals surface area contributed by atoms with Crippen LogP contribution in [0.15, 0.2) is 59.5 Å². The van der Waals surface area contributed by atoms with Crippen LogP contribution in [0.5, 0.6) is 0 Å². The number of halogens is 1. The second-order valence-electron chi connectivity index (χ2n) is 10.1. The van der Waals surface area contributed by atoms with Crippen LogP contribution in [-0.2, 0) is 38.5 Å². The predicted molar refractivity (Wildman–Crippen MR) is 147 cm³/mol. The molecule has 8 nitrogen and oxygen atoms in total. The number of aromatic nitrogens is 1. The van der Waals surface area contributed by atoms with Crippen LogP contribution in [0, 0.1) is 0 Å². The summed E-state index contributed by atoms with van der Waals surface area (Å²) in [6.45, 7) is 3.58. The molecule has 0 radical (unpaired) electrons. The Labute approximate surface area is 231 Å². The highest BCUT2D eigenvalue weighted by Gasteiger charge is 2.29. The van der Waals surface area contributed by atoms with Crippen LogP contribution in [0.2, 0.25) is 5.02 Å². The summed E-state index contributed by atoms with van der Waals surface area (Å²) in [5, 5.41) is 0.586. The number of hydrogen-bond donors (Lipinski definition) is 1. The zero-order valence-corrected chi connectivity index (χ0v) is 22.5. The molecule has 9 heteroatoms. The summed E-state index contributed by atoms with van der Waals surface area (Å²) >= 11 is 6.34. The summed E-state index contributed by atoms with van der Waals surface area (Å²) in [5.41, 5.74) is 9.63. The lowest BCUT2D eigenvalue weighted by molar-refractivity contribution is -0.126. The molecular weight excluding hydrogens is 520 g/mol. The van der Waals surface area contributed by atoms with Crippen molar-refractivity contribution < 1.29 is 23.8 Å². The first kappa shape index (κ1) is 27.3. The lowest BCUT2D eigenvalue weighted by Gasteiger charge is -2.29. The van der Waals surface area contributed by atoms with Crippen LogP contribution in [0.1, 0.15) is 46.4 Å². The standard InChI is InChI=1S/C30H31ClN2O6/c1-18-10-21-6-7-23(31)12-25(21)26-14-29(35)33(15-22(26)16-39-18)27(13-24-17-37-8-9-38-24)28(34)11-19-2-4-20(5-3-19)30(32)36/h2-7,12,14-15,18,24,27H,8-11,13,16-17H2,1H3,(H2,32,36)/t18-,24-,27+/m1/s1. The minimum absolute atomic E-state index is 0.0351. The van der Waals surface area contributed by atoms with E-state index in [1.165, 1.54) is 4.57 Å². The molecule has 0 unspecified atom stereocenters. The van der Waals surface area contributed by atoms with Crippen molar-refractivity contribution in [2.75, 3.05) is 19.8 Å². The van der Waals surface area contributed by atoms with Gasteiger partial charge in [0.2, 0.25) is 5.91 Å². The van der Waals surface area contributed by atoms with E-state index >= 15 is 0 Å². The quantitative estimate of drug-likeness (QED) is 0.478. The fraction of sp³-hybridized carbons (Fsp3) is 0.367. The van der Waals surface area contributed by atoms with Crippen molar-refractivity contribution in [3.8, 4) is 11.1 Å². The SMILES string of the molecule is C[C@@H]1Cc2ccc(Cl)cc2-c2cc(=O)n([C@@H](C[C@@H]3COCCO3)C(=O)Cc3ccc(C(N)=O)cc3)cc2CO1. The van der Waals surface area contributed by atoms with E-state index in [4.69, 9.17) is 31.5 Å². The van der Waals surface area contributed by atoms with Crippen LogP contribution in [0.3, 0.4) is 0 Å². The molecule has 2 aromatic carbocycles. The first-order chi connectivity index (χ1) is 18.8. The molecule has 1 fully saturated rings. The molecular formula is C30H31ClN2O6. The van der Waals surface area contributed by atoms with Crippen molar-refractivity contribution >= 4 is 23.3 Å². The van der Waals surface area contributed by atoms with Crippen LogP contribution in [0.25, 0.3) is 11.1 Å². The number of ketones is 1. The molecule has 2 aliphatic heterocycles. The maximum Gasteiger partial charge on any atom is 0.251 e. The van der Waals surface area contributed by atoms with Gasteiger partial charge in [-0.25, -0.2) is 0 Å². The van der Waals surface area contributed by atoms with Crippen molar-refractivity contribution in [3.63, 3.8) is 0 Å². The number of hydrogen-bond acceptors (Lipinski definition) is 6. The van der Waals surface area contributed by atoms with Crippen LogP contribution in [0.4, 0.5) is 0 Å². The van der Waals surface area contributed by atoms with Gasteiger partial charge in [-0.3, -0.25) is 14.4 Å². The predicted octanol–water partition coefficient (Wildman–Crippen LogP) is 3.89. The van der Waals surface area contributed by atoms with Crippen molar-refractivity contribution in [3.05, 3.63) is 92.4 Å². The fourth-order valence-electron chi connectivity index (χ4n) is 5.21. The molecule has 1 aromatic heterocycles. The molecule has 0 bridgehead atoms. The Morgan fingerprint density at radius 2 is 1.82 bits per heavy atom. The van der Waals surface area contributed by atoms with Crippen molar-refractivity contribution in [1.82, 2.24) is 4.57 Å². The average Bonchev–Trinajstić information content (AvgIpc) is 2.92. The lowest BCUT2D eigenvalue weighted by Crippen LogP contribution is -2.37. The molecule has 39 heavy (non-hydrogen) atoms. The molecule has 3 heterocycles. The molecule has 204 valence electrons. The maximum atomic E-state index is 13.7. The van der Waals surface area contributed by atoms with Crippen LogP contribution >= 0.6 is 11.6 Å². The monoisotopic (exact) mass is 550 g/mol. The van der Waals surface area contributed by atoms with E-state index in [-0.39, 0.29) is 36.4 Å². The number of rotatable bonds is 7. The number of carbonyl (C=O) groups is 2. The first-order valence-corrected chi connectivity index (χ1v) is 13.4. The van der Waals surface area contributed by atoms with E-state index in [0.29, 0.717) is 43.4 Å². The smallest absolute Gasteiger partial charge is 0.251 e. The van der Waals surface area contributed by atoms with Gasteiger partial charge in [0.15, 0.2) is 5.78 Å². The van der Waals surface area contributed by atoms with Gasteiger partial charge in [-0.15, -0.1) is 0 Å². The molecule has 0 aliphatic carbocycles. The molecule has 3 atom stereocenters. The van der Waals surface area contributed by atoms with Crippen LogP contribution in [-0.4, -0.2) is 48.3 Å². The molecule has 2 N–H and O–H groups in total. The summed E-state index contributed by atoms with van der Waals surface area (Å²) in [6, 6.07) is 13.1. The van der Waals surface area contributed by atoms with Gasteiger partial charge in [-0.1, -0.05) is 29.8 Å². The fourth-order valence-corrected chi connectivity index (χ4v) is 5.38. The molecule has 2 aliphatic rings. The minimum Gasteiger partial charge on any atom is -0.376 e. The van der Waals surface area contributed by atoms with Gasteiger partial charge in [0.1, 0.15) is 0 Å². The topological polar surface area (TPSA) is 110 Å². The zero-order chi connectivity index (χ0) is 27.5. The van der Waals surface area contributed by atoms with Gasteiger partial charge in [-0.05, 0) is 59.9 Å². The highest BCUT2D eigenvalue weighted by Crippen LogP contribution is 2.33. The van der Waals surface area contributed by atoms with Gasteiger partial charge in [0, 0.05) is 41.3 Å². The Morgan fingerprint density at radius 1 is 1.05 bits per heavy atom. The summed E-state index contributed by atoms with van der Waals surface area (Å²) < 4.78 is 19.0. The Hall–Kier alpha value is -3.30.